The molecule has 2 saturated heterocycles. The molecule has 11 heteroatoms. The largest absolute Gasteiger partial charge is 0.484 e. The van der Waals surface area contributed by atoms with Crippen LogP contribution in [0.25, 0.3) is 0 Å². The summed E-state index contributed by atoms with van der Waals surface area (Å²) < 4.78 is 19.0. The molecule has 0 radical (unpaired) electrons. The van der Waals surface area contributed by atoms with Crippen LogP contribution in [0.2, 0.25) is 5.02 Å². The van der Waals surface area contributed by atoms with Crippen LogP contribution >= 0.6 is 11.6 Å². The molecule has 1 aromatic rings. The monoisotopic (exact) mass is 468 g/mol. The highest BCUT2D eigenvalue weighted by Gasteiger charge is 2.56. The van der Waals surface area contributed by atoms with Crippen molar-refractivity contribution in [3.8, 4) is 5.75 Å². The van der Waals surface area contributed by atoms with Gasteiger partial charge < -0.3 is 15.2 Å². The number of carbonyl (C=O) groups excluding carboxylic acids is 1. The summed E-state index contributed by atoms with van der Waals surface area (Å²) in [6.07, 6.45) is 3.20. The molecule has 2 heterocycles. The quantitative estimate of drug-likeness (QED) is 0.346. The van der Waals surface area contributed by atoms with Crippen LogP contribution in [0, 0.1) is 5.82 Å². The second-order valence-electron chi connectivity index (χ2n) is 9.38. The number of rotatable bonds is 6. The maximum atomic E-state index is 13.6. The molecule has 1 amide bonds. The van der Waals surface area contributed by atoms with Gasteiger partial charge in [-0.05, 0) is 44.2 Å². The highest BCUT2D eigenvalue weighted by molar-refractivity contribution is 6.30. The molecule has 5 fully saturated rings. The number of benzene rings is 1. The molecule has 2 bridgehead atoms. The third-order valence-electron chi connectivity index (χ3n) is 7.43. The van der Waals surface area contributed by atoms with Crippen molar-refractivity contribution in [1.82, 2.24) is 31.7 Å². The van der Waals surface area contributed by atoms with Crippen LogP contribution in [0.4, 0.5) is 4.39 Å². The lowest BCUT2D eigenvalue weighted by Gasteiger charge is -2.58. The Morgan fingerprint density at radius 2 is 2.16 bits per heavy atom. The van der Waals surface area contributed by atoms with Gasteiger partial charge in [0.2, 0.25) is 0 Å². The highest BCUT2D eigenvalue weighted by Crippen LogP contribution is 2.47. The summed E-state index contributed by atoms with van der Waals surface area (Å²) in [5.41, 5.74) is 5.69. The van der Waals surface area contributed by atoms with Crippen molar-refractivity contribution in [2.24, 2.45) is 0 Å². The number of piperazine rings is 1. The molecule has 0 spiro atoms. The number of hydrogen-bond acceptors (Lipinski definition) is 8. The maximum absolute atomic E-state index is 13.6. The van der Waals surface area contributed by atoms with Gasteiger partial charge in [-0.15, -0.1) is 0 Å². The van der Waals surface area contributed by atoms with E-state index in [0.717, 1.165) is 51.5 Å². The van der Waals surface area contributed by atoms with Gasteiger partial charge in [0.05, 0.1) is 24.0 Å². The Morgan fingerprint density at radius 3 is 2.91 bits per heavy atom. The molecular formula is C21H30ClFN6O3. The number of halogens is 2. The van der Waals surface area contributed by atoms with Gasteiger partial charge in [-0.2, -0.15) is 0 Å². The summed E-state index contributed by atoms with van der Waals surface area (Å²) >= 11 is 5.68. The number of fused-ring (bicyclic) bond motifs is 4. The van der Waals surface area contributed by atoms with E-state index < -0.39 is 17.5 Å². The van der Waals surface area contributed by atoms with E-state index in [9.17, 15) is 14.3 Å². The molecule has 3 aliphatic carbocycles. The summed E-state index contributed by atoms with van der Waals surface area (Å²) in [5.74, 6) is -0.617. The maximum Gasteiger partial charge on any atom is 0.258 e. The van der Waals surface area contributed by atoms with Crippen molar-refractivity contribution < 1.29 is 19.0 Å². The molecule has 2 aliphatic heterocycles. The van der Waals surface area contributed by atoms with E-state index in [1.54, 1.807) is 0 Å². The van der Waals surface area contributed by atoms with Gasteiger partial charge in [0.1, 0.15) is 17.7 Å². The predicted molar refractivity (Wildman–Crippen MR) is 116 cm³/mol. The molecule has 5 aliphatic rings. The molecule has 32 heavy (non-hydrogen) atoms. The summed E-state index contributed by atoms with van der Waals surface area (Å²) in [5, 5.41) is 21.4. The number of ether oxygens (including phenoxy) is 1. The Balaban J connectivity index is 1.17. The van der Waals surface area contributed by atoms with E-state index in [1.807, 2.05) is 0 Å². The Hall–Kier alpha value is -1.53. The summed E-state index contributed by atoms with van der Waals surface area (Å²) in [7, 11) is 0. The average molecular weight is 469 g/mol. The van der Waals surface area contributed by atoms with Crippen molar-refractivity contribution in [3.63, 3.8) is 0 Å². The molecular weight excluding hydrogens is 439 g/mol. The van der Waals surface area contributed by atoms with Crippen LogP contribution in [0.5, 0.6) is 5.75 Å². The normalized spacial score (nSPS) is 36.7. The third kappa shape index (κ3) is 4.21. The second-order valence-corrected chi connectivity index (χ2v) is 9.79. The lowest BCUT2D eigenvalue weighted by atomic mass is 9.59. The minimum Gasteiger partial charge on any atom is -0.484 e. The predicted octanol–water partition coefficient (Wildman–Crippen LogP) is 0.00260. The van der Waals surface area contributed by atoms with Gasteiger partial charge in [-0.25, -0.2) is 15.2 Å². The fourth-order valence-corrected chi connectivity index (χ4v) is 5.73. The zero-order chi connectivity index (χ0) is 22.3. The molecule has 9 nitrogen and oxygen atoms in total. The first-order valence-corrected chi connectivity index (χ1v) is 11.6. The standard InChI is InChI=1S/C21H30ClFN6O3/c22-14-2-1-13(9-15(14)23)32-11-17(31)26-20-3-5-21(6-4-20,16(30)10-20)27-18-19-28-25-12-29(19)8-7-24-18/h1-2,9,16,18-19,24-25,27-28,30H,3-8,10-12H2,(H,26,31)/t16-,18?,19?,20?,21?/m1/s1. The van der Waals surface area contributed by atoms with Crippen LogP contribution in [0.3, 0.4) is 0 Å². The van der Waals surface area contributed by atoms with Crippen molar-refractivity contribution in [1.29, 1.82) is 0 Å². The topological polar surface area (TPSA) is 110 Å². The number of hydrogen-bond donors (Lipinski definition) is 6. The van der Waals surface area contributed by atoms with Gasteiger partial charge in [0, 0.05) is 30.2 Å². The SMILES string of the molecule is O=C(COc1ccc(Cl)c(F)c1)NC12CCC(NC3NCCN4CNNC34)(CC1)[C@H](O)C2. The average Bonchev–Trinajstić information content (AvgIpc) is 3.26. The Kier molecular flexibility index (Phi) is 6.04. The van der Waals surface area contributed by atoms with E-state index in [4.69, 9.17) is 16.3 Å². The Labute approximate surface area is 191 Å². The van der Waals surface area contributed by atoms with Crippen LogP contribution in [0.1, 0.15) is 32.1 Å². The van der Waals surface area contributed by atoms with E-state index in [-0.39, 0.29) is 41.2 Å². The van der Waals surface area contributed by atoms with E-state index in [0.29, 0.717) is 6.42 Å². The molecule has 2 unspecified atom stereocenters. The van der Waals surface area contributed by atoms with Crippen LogP contribution in [-0.2, 0) is 4.79 Å². The minimum atomic E-state index is -0.589. The first-order chi connectivity index (χ1) is 15.4. The zero-order valence-corrected chi connectivity index (χ0v) is 18.6. The summed E-state index contributed by atoms with van der Waals surface area (Å²) in [6.45, 7) is 2.45. The van der Waals surface area contributed by atoms with E-state index in [2.05, 4.69) is 31.7 Å². The Bertz CT molecular complexity index is 868. The lowest BCUT2D eigenvalue weighted by molar-refractivity contribution is -0.130. The third-order valence-corrected chi connectivity index (χ3v) is 7.74. The fourth-order valence-electron chi connectivity index (χ4n) is 5.61. The fraction of sp³-hybridized carbons (Fsp3) is 0.667. The number of hydrazine groups is 1. The number of amides is 1. The van der Waals surface area contributed by atoms with Crippen molar-refractivity contribution in [3.05, 3.63) is 29.0 Å². The second kappa shape index (κ2) is 8.68. The summed E-state index contributed by atoms with van der Waals surface area (Å²) in [4.78, 5) is 14.9. The van der Waals surface area contributed by atoms with Crippen molar-refractivity contribution in [2.45, 2.75) is 61.6 Å². The van der Waals surface area contributed by atoms with Crippen molar-refractivity contribution in [2.75, 3.05) is 26.4 Å². The lowest BCUT2D eigenvalue weighted by Crippen LogP contribution is -2.75. The van der Waals surface area contributed by atoms with Gasteiger partial charge in [-0.3, -0.25) is 20.3 Å². The molecule has 1 aromatic carbocycles. The number of nitrogens with zero attached hydrogens (tertiary/aromatic N) is 1. The van der Waals surface area contributed by atoms with Gasteiger partial charge >= 0.3 is 0 Å². The number of nitrogens with one attached hydrogen (secondary N) is 5. The van der Waals surface area contributed by atoms with Crippen LogP contribution in [-0.4, -0.2) is 71.8 Å². The molecule has 3 atom stereocenters. The molecule has 6 N–H and O–H groups in total. The first kappa shape index (κ1) is 22.3. The smallest absolute Gasteiger partial charge is 0.258 e. The number of aliphatic hydroxyl groups excluding tert-OH is 1. The minimum absolute atomic E-state index is 0.00675. The van der Waals surface area contributed by atoms with Gasteiger partial charge in [0.15, 0.2) is 6.61 Å². The number of aliphatic hydroxyl groups is 1. The molecule has 176 valence electrons. The zero-order valence-electron chi connectivity index (χ0n) is 17.8. The summed E-state index contributed by atoms with van der Waals surface area (Å²) in [6, 6.07) is 4.08. The molecule has 6 rings (SSSR count). The highest BCUT2D eigenvalue weighted by atomic mass is 35.5. The van der Waals surface area contributed by atoms with Crippen molar-refractivity contribution >= 4 is 17.5 Å². The Morgan fingerprint density at radius 1 is 1.34 bits per heavy atom. The van der Waals surface area contributed by atoms with Gasteiger partial charge in [-0.1, -0.05) is 11.6 Å². The van der Waals surface area contributed by atoms with E-state index in [1.165, 1.54) is 12.1 Å². The molecule has 3 saturated carbocycles. The van der Waals surface area contributed by atoms with E-state index >= 15 is 0 Å². The van der Waals surface area contributed by atoms with Crippen LogP contribution in [0.15, 0.2) is 18.2 Å². The molecule has 0 aromatic heterocycles. The first-order valence-electron chi connectivity index (χ1n) is 11.2. The van der Waals surface area contributed by atoms with Crippen LogP contribution < -0.4 is 31.5 Å². The number of carbonyl (C=O) groups is 1. The van der Waals surface area contributed by atoms with Gasteiger partial charge in [0.25, 0.3) is 5.91 Å².